The summed E-state index contributed by atoms with van der Waals surface area (Å²) in [6.45, 7) is -1.82. The van der Waals surface area contributed by atoms with Crippen LogP contribution in [-0.4, -0.2) is 77.7 Å². The van der Waals surface area contributed by atoms with E-state index in [4.69, 9.17) is 0 Å². The highest BCUT2D eigenvalue weighted by Crippen LogP contribution is 2.60. The fourth-order valence-electron chi connectivity index (χ4n) is 3.05. The number of hydrogen-bond acceptors (Lipinski definition) is 2. The number of piperazine rings is 1. The Bertz CT molecular complexity index is 862. The Morgan fingerprint density at radius 3 is 1.53 bits per heavy atom. The van der Waals surface area contributed by atoms with Gasteiger partial charge in [0.1, 0.15) is 0 Å². The van der Waals surface area contributed by atoms with Crippen LogP contribution in [0, 0.1) is 0 Å². The van der Waals surface area contributed by atoms with Crippen molar-refractivity contribution in [3.05, 3.63) is 35.9 Å². The topological polar surface area (TPSA) is 23.6 Å². The summed E-state index contributed by atoms with van der Waals surface area (Å²) < 4.78 is 172. The van der Waals surface area contributed by atoms with E-state index in [0.717, 1.165) is 5.56 Å². The number of rotatable bonds is 7. The first-order valence-corrected chi connectivity index (χ1v) is 9.23. The van der Waals surface area contributed by atoms with E-state index in [1.165, 1.54) is 0 Å². The van der Waals surface area contributed by atoms with Crippen LogP contribution in [0.2, 0.25) is 0 Å². The van der Waals surface area contributed by atoms with Crippen molar-refractivity contribution in [1.29, 1.82) is 0 Å². The number of amides is 1. The van der Waals surface area contributed by atoms with Gasteiger partial charge in [0.25, 0.3) is 5.91 Å². The molecule has 0 atom stereocenters. The molecule has 0 saturated carbocycles. The first-order chi connectivity index (χ1) is 15.2. The van der Waals surface area contributed by atoms with Gasteiger partial charge in [-0.2, -0.15) is 57.1 Å². The van der Waals surface area contributed by atoms with Crippen LogP contribution < -0.4 is 0 Å². The lowest BCUT2D eigenvalue weighted by atomic mass is 9.93. The fourth-order valence-corrected chi connectivity index (χ4v) is 3.05. The van der Waals surface area contributed by atoms with Crippen molar-refractivity contribution in [2.45, 2.75) is 42.3 Å². The molecule has 1 fully saturated rings. The minimum Gasteiger partial charge on any atom is -0.335 e. The van der Waals surface area contributed by atoms with Crippen molar-refractivity contribution in [3.63, 3.8) is 0 Å². The molecular formula is C18H15F13N2O. The number of nitrogens with zero attached hydrogens (tertiary/aromatic N) is 2. The lowest BCUT2D eigenvalue weighted by molar-refractivity contribution is -0.436. The Morgan fingerprint density at radius 1 is 0.647 bits per heavy atom. The Hall–Kier alpha value is -2.26. The van der Waals surface area contributed by atoms with Crippen molar-refractivity contribution >= 4 is 5.91 Å². The van der Waals surface area contributed by atoms with E-state index in [0.29, 0.717) is 0 Å². The number of benzene rings is 1. The van der Waals surface area contributed by atoms with E-state index in [2.05, 4.69) is 0 Å². The molecule has 0 bridgehead atoms. The molecule has 194 valence electrons. The van der Waals surface area contributed by atoms with Crippen LogP contribution in [0.25, 0.3) is 0 Å². The SMILES string of the molecule is O=C(N1CCN(Cc2ccccc2)CC1)C(F)(F)C(F)(F)C(F)(F)C(F)(F)C(F)(F)C(F)(F)F. The van der Waals surface area contributed by atoms with Crippen LogP contribution >= 0.6 is 0 Å². The molecule has 1 aliphatic heterocycles. The molecule has 34 heavy (non-hydrogen) atoms. The largest absolute Gasteiger partial charge is 0.460 e. The van der Waals surface area contributed by atoms with E-state index in [9.17, 15) is 61.9 Å². The first-order valence-electron chi connectivity index (χ1n) is 9.23. The predicted octanol–water partition coefficient (Wildman–Crippen LogP) is 5.07. The highest BCUT2D eigenvalue weighted by atomic mass is 19.4. The molecule has 0 spiro atoms. The van der Waals surface area contributed by atoms with E-state index >= 15 is 0 Å². The van der Waals surface area contributed by atoms with Crippen molar-refractivity contribution in [2.24, 2.45) is 0 Å². The number of carbonyl (C=O) groups is 1. The number of halogens is 13. The van der Waals surface area contributed by atoms with E-state index < -0.39 is 54.8 Å². The number of hydrogen-bond donors (Lipinski definition) is 0. The molecule has 16 heteroatoms. The normalized spacial score (nSPS) is 17.7. The quantitative estimate of drug-likeness (QED) is 0.468. The van der Waals surface area contributed by atoms with Gasteiger partial charge in [-0.1, -0.05) is 30.3 Å². The summed E-state index contributed by atoms with van der Waals surface area (Å²) in [5, 5.41) is 0. The second-order valence-corrected chi connectivity index (χ2v) is 7.42. The highest BCUT2D eigenvalue weighted by molar-refractivity contribution is 5.85. The van der Waals surface area contributed by atoms with Gasteiger partial charge in [-0.3, -0.25) is 9.69 Å². The molecular weight excluding hydrogens is 507 g/mol. The van der Waals surface area contributed by atoms with Crippen LogP contribution in [0.4, 0.5) is 57.1 Å². The summed E-state index contributed by atoms with van der Waals surface area (Å²) in [6, 6.07) is 8.36. The Labute approximate surface area is 183 Å². The standard InChI is InChI=1S/C18H15F13N2O/c19-13(20,14(21,22)15(23,24)16(25,26)17(27,28)18(29,30)31)12(34)33-8-6-32(7-9-33)10-11-4-2-1-3-5-11/h1-5H,6-10H2. The summed E-state index contributed by atoms with van der Waals surface area (Å²) in [4.78, 5) is 13.3. The molecule has 0 aliphatic carbocycles. The molecule has 0 radical (unpaired) electrons. The minimum atomic E-state index is -8.03. The smallest absolute Gasteiger partial charge is 0.335 e. The highest BCUT2D eigenvalue weighted by Gasteiger charge is 2.91. The van der Waals surface area contributed by atoms with Crippen molar-refractivity contribution in [3.8, 4) is 0 Å². The summed E-state index contributed by atoms with van der Waals surface area (Å²) in [5.41, 5.74) is 0.728. The second kappa shape index (κ2) is 8.75. The average molecular weight is 522 g/mol. The molecule has 2 rings (SSSR count). The summed E-state index contributed by atoms with van der Waals surface area (Å²) in [5.74, 6) is -41.3. The van der Waals surface area contributed by atoms with E-state index in [1.54, 1.807) is 35.2 Å². The lowest BCUT2D eigenvalue weighted by Gasteiger charge is -2.41. The lowest BCUT2D eigenvalue weighted by Crippen LogP contribution is -2.72. The van der Waals surface area contributed by atoms with Crippen molar-refractivity contribution in [1.82, 2.24) is 9.80 Å². The van der Waals surface area contributed by atoms with Crippen molar-refractivity contribution in [2.75, 3.05) is 26.2 Å². The molecule has 1 saturated heterocycles. The molecule has 1 heterocycles. The summed E-state index contributed by atoms with van der Waals surface area (Å²) >= 11 is 0. The minimum absolute atomic E-state index is 0.0917. The molecule has 0 unspecified atom stereocenters. The third kappa shape index (κ3) is 4.40. The zero-order valence-electron chi connectivity index (χ0n) is 16.6. The van der Waals surface area contributed by atoms with E-state index in [1.807, 2.05) is 0 Å². The monoisotopic (exact) mass is 522 g/mol. The van der Waals surface area contributed by atoms with Crippen LogP contribution in [0.1, 0.15) is 5.56 Å². The Kier molecular flexibility index (Phi) is 7.20. The van der Waals surface area contributed by atoms with Crippen LogP contribution in [-0.2, 0) is 11.3 Å². The van der Waals surface area contributed by atoms with E-state index in [-0.39, 0.29) is 24.5 Å². The van der Waals surface area contributed by atoms with Gasteiger partial charge in [0, 0.05) is 32.7 Å². The third-order valence-corrected chi connectivity index (χ3v) is 5.11. The number of alkyl halides is 13. The maximum Gasteiger partial charge on any atom is 0.460 e. The second-order valence-electron chi connectivity index (χ2n) is 7.42. The van der Waals surface area contributed by atoms with Gasteiger partial charge in [0.15, 0.2) is 0 Å². The maximum atomic E-state index is 14.0. The van der Waals surface area contributed by atoms with Gasteiger partial charge < -0.3 is 4.90 Å². The molecule has 3 nitrogen and oxygen atoms in total. The average Bonchev–Trinajstić information content (AvgIpc) is 2.73. The van der Waals surface area contributed by atoms with Gasteiger partial charge >= 0.3 is 35.8 Å². The first kappa shape index (κ1) is 28.0. The summed E-state index contributed by atoms with van der Waals surface area (Å²) in [7, 11) is 0. The maximum absolute atomic E-state index is 14.0. The molecule has 0 aromatic heterocycles. The molecule has 1 aromatic carbocycles. The number of carbonyl (C=O) groups excluding carboxylic acids is 1. The van der Waals surface area contributed by atoms with Crippen molar-refractivity contribution < 1.29 is 61.9 Å². The molecule has 1 amide bonds. The van der Waals surface area contributed by atoms with Gasteiger partial charge in [0.05, 0.1) is 0 Å². The zero-order chi connectivity index (χ0) is 26.4. The van der Waals surface area contributed by atoms with Crippen LogP contribution in [0.3, 0.4) is 0 Å². The van der Waals surface area contributed by atoms with Crippen LogP contribution in [0.5, 0.6) is 0 Å². The van der Waals surface area contributed by atoms with Gasteiger partial charge in [-0.05, 0) is 5.56 Å². The Morgan fingerprint density at radius 2 is 1.09 bits per heavy atom. The fraction of sp³-hybridized carbons (Fsp3) is 0.611. The predicted molar refractivity (Wildman–Crippen MR) is 89.1 cm³/mol. The summed E-state index contributed by atoms with van der Waals surface area (Å²) in [6.07, 6.45) is -7.50. The van der Waals surface area contributed by atoms with Crippen LogP contribution in [0.15, 0.2) is 30.3 Å². The molecule has 1 aliphatic rings. The van der Waals surface area contributed by atoms with Gasteiger partial charge in [0.2, 0.25) is 0 Å². The zero-order valence-corrected chi connectivity index (χ0v) is 16.6. The van der Waals surface area contributed by atoms with Gasteiger partial charge in [-0.25, -0.2) is 0 Å². The van der Waals surface area contributed by atoms with Gasteiger partial charge in [-0.15, -0.1) is 0 Å². The molecule has 1 aromatic rings. The molecule has 0 N–H and O–H groups in total. The Balaban J connectivity index is 2.22. The third-order valence-electron chi connectivity index (χ3n) is 5.11.